The summed E-state index contributed by atoms with van der Waals surface area (Å²) in [5, 5.41) is 14.0. The van der Waals surface area contributed by atoms with E-state index < -0.39 is 0 Å². The number of hydrogen-bond acceptors (Lipinski definition) is 4. The fourth-order valence-electron chi connectivity index (χ4n) is 5.34. The second kappa shape index (κ2) is 10.9. The van der Waals surface area contributed by atoms with Crippen LogP contribution in [0.5, 0.6) is 0 Å². The van der Waals surface area contributed by atoms with Crippen molar-refractivity contribution in [2.45, 2.75) is 32.7 Å². The van der Waals surface area contributed by atoms with Gasteiger partial charge in [-0.3, -0.25) is 9.59 Å². The number of rotatable bonds is 5. The van der Waals surface area contributed by atoms with Gasteiger partial charge >= 0.3 is 0 Å². The third kappa shape index (κ3) is 5.13. The Morgan fingerprint density at radius 2 is 1.95 bits per heavy atom. The summed E-state index contributed by atoms with van der Waals surface area (Å²) >= 11 is 0. The van der Waals surface area contributed by atoms with Gasteiger partial charge in [-0.1, -0.05) is 24.3 Å². The van der Waals surface area contributed by atoms with Crippen molar-refractivity contribution in [2.24, 2.45) is 0 Å². The first-order chi connectivity index (χ1) is 18.5. The summed E-state index contributed by atoms with van der Waals surface area (Å²) in [6.45, 7) is 5.60. The molecule has 1 atom stereocenters. The van der Waals surface area contributed by atoms with E-state index in [0.717, 1.165) is 70.9 Å². The zero-order chi connectivity index (χ0) is 26.2. The molecule has 4 aromatic rings. The zero-order valence-corrected chi connectivity index (χ0v) is 22.7. The topological polar surface area (TPSA) is 104 Å². The highest BCUT2D eigenvalue weighted by Gasteiger charge is 2.27. The predicted molar refractivity (Wildman–Crippen MR) is 156 cm³/mol. The molecule has 4 heterocycles. The molecule has 1 fully saturated rings. The lowest BCUT2D eigenvalue weighted by Crippen LogP contribution is -2.45. The average Bonchev–Trinajstić information content (AvgIpc) is 3.61. The maximum Gasteiger partial charge on any atom is 0.256 e. The van der Waals surface area contributed by atoms with Gasteiger partial charge in [0.15, 0.2) is 0 Å². The fourth-order valence-corrected chi connectivity index (χ4v) is 5.34. The van der Waals surface area contributed by atoms with Gasteiger partial charge in [-0.05, 0) is 74.7 Å². The molecule has 1 saturated heterocycles. The number of aromatic amines is 1. The maximum absolute atomic E-state index is 13.1. The van der Waals surface area contributed by atoms with E-state index >= 15 is 0 Å². The van der Waals surface area contributed by atoms with Crippen LogP contribution in [0.2, 0.25) is 0 Å². The molecule has 2 aromatic carbocycles. The fraction of sp³-hybridized carbons (Fsp3) is 0.233. The molecule has 2 aromatic heterocycles. The van der Waals surface area contributed by atoms with E-state index in [-0.39, 0.29) is 30.3 Å². The lowest BCUT2D eigenvalue weighted by molar-refractivity contribution is -0.110. The minimum atomic E-state index is -0.164. The standard InChI is InChI=1S/C30H30N6O2.ClH/c1-18-27(33-19(2)28(18)30(38)34-22-7-6-12-31-16-22)14-25-24-13-20(10-11-26(24)35-29(25)37)21-15-32-36(17-21)23-8-4-3-5-9-23;/h3-5,8-11,13-15,17,22,31,33H,6-7,12,16H2,1-2H3,(H,34,38)(H,35,37);1H/t22-;/m0./s1. The van der Waals surface area contributed by atoms with Crippen LogP contribution in [0.15, 0.2) is 60.9 Å². The minimum Gasteiger partial charge on any atom is -0.358 e. The average molecular weight is 543 g/mol. The van der Waals surface area contributed by atoms with Gasteiger partial charge in [-0.15, -0.1) is 12.4 Å². The number of halogens is 1. The number of benzene rings is 2. The van der Waals surface area contributed by atoms with Gasteiger partial charge in [0, 0.05) is 47.0 Å². The molecule has 0 radical (unpaired) electrons. The Hall–Kier alpha value is -4.14. The number of anilines is 1. The number of carbonyl (C=O) groups is 2. The molecule has 4 N–H and O–H groups in total. The number of para-hydroxylation sites is 1. The molecule has 0 aliphatic carbocycles. The summed E-state index contributed by atoms with van der Waals surface area (Å²) < 4.78 is 1.84. The Balaban J connectivity index is 0.00000308. The van der Waals surface area contributed by atoms with Crippen molar-refractivity contribution in [1.82, 2.24) is 25.4 Å². The molecule has 39 heavy (non-hydrogen) atoms. The molecule has 6 rings (SSSR count). The Labute approximate surface area is 233 Å². The number of H-pyrrole nitrogens is 1. The van der Waals surface area contributed by atoms with Crippen molar-refractivity contribution in [1.29, 1.82) is 0 Å². The minimum absolute atomic E-state index is 0. The van der Waals surface area contributed by atoms with Crippen molar-refractivity contribution in [3.05, 3.63) is 89.0 Å². The number of nitrogens with zero attached hydrogens (tertiary/aromatic N) is 2. The second-order valence-corrected chi connectivity index (χ2v) is 9.96. The number of hydrogen-bond donors (Lipinski definition) is 4. The van der Waals surface area contributed by atoms with Crippen LogP contribution >= 0.6 is 12.4 Å². The molecule has 200 valence electrons. The predicted octanol–water partition coefficient (Wildman–Crippen LogP) is 4.88. The van der Waals surface area contributed by atoms with Crippen molar-refractivity contribution in [3.8, 4) is 16.8 Å². The summed E-state index contributed by atoms with van der Waals surface area (Å²) in [4.78, 5) is 29.4. The van der Waals surface area contributed by atoms with E-state index in [2.05, 4.69) is 26.0 Å². The van der Waals surface area contributed by atoms with Crippen LogP contribution in [-0.4, -0.2) is 45.7 Å². The molecule has 0 unspecified atom stereocenters. The second-order valence-electron chi connectivity index (χ2n) is 9.96. The van der Waals surface area contributed by atoms with Gasteiger partial charge in [0.1, 0.15) is 0 Å². The smallest absolute Gasteiger partial charge is 0.256 e. The van der Waals surface area contributed by atoms with Crippen LogP contribution in [0.4, 0.5) is 5.69 Å². The Kier molecular flexibility index (Phi) is 7.41. The molecule has 8 nitrogen and oxygen atoms in total. The number of amides is 2. The number of piperidine rings is 1. The van der Waals surface area contributed by atoms with Gasteiger partial charge in [0.2, 0.25) is 0 Å². The van der Waals surface area contributed by atoms with Crippen LogP contribution in [0.3, 0.4) is 0 Å². The highest BCUT2D eigenvalue weighted by atomic mass is 35.5. The molecular weight excluding hydrogens is 512 g/mol. The highest BCUT2D eigenvalue weighted by molar-refractivity contribution is 6.35. The molecule has 2 aliphatic heterocycles. The first-order valence-corrected chi connectivity index (χ1v) is 13.0. The number of fused-ring (bicyclic) bond motifs is 1. The van der Waals surface area contributed by atoms with Crippen molar-refractivity contribution >= 4 is 41.6 Å². The van der Waals surface area contributed by atoms with E-state index in [9.17, 15) is 9.59 Å². The van der Waals surface area contributed by atoms with Crippen LogP contribution in [0.1, 0.15) is 45.7 Å². The maximum atomic E-state index is 13.1. The monoisotopic (exact) mass is 542 g/mol. The summed E-state index contributed by atoms with van der Waals surface area (Å²) in [6, 6.07) is 16.0. The molecular formula is C30H31ClN6O2. The lowest BCUT2D eigenvalue weighted by atomic mass is 9.99. The molecule has 0 spiro atoms. The Morgan fingerprint density at radius 1 is 1.13 bits per heavy atom. The van der Waals surface area contributed by atoms with E-state index in [1.165, 1.54) is 0 Å². The van der Waals surface area contributed by atoms with Crippen molar-refractivity contribution in [2.75, 3.05) is 18.4 Å². The van der Waals surface area contributed by atoms with E-state index in [4.69, 9.17) is 0 Å². The van der Waals surface area contributed by atoms with Crippen LogP contribution in [0, 0.1) is 13.8 Å². The van der Waals surface area contributed by atoms with Crippen LogP contribution in [0.25, 0.3) is 28.5 Å². The Morgan fingerprint density at radius 3 is 2.72 bits per heavy atom. The van der Waals surface area contributed by atoms with Crippen molar-refractivity contribution in [3.63, 3.8) is 0 Å². The first kappa shape index (κ1) is 26.5. The number of carbonyl (C=O) groups excluding carboxylic acids is 2. The molecule has 0 bridgehead atoms. The zero-order valence-electron chi connectivity index (χ0n) is 21.9. The van der Waals surface area contributed by atoms with E-state index in [1.54, 1.807) is 0 Å². The summed E-state index contributed by atoms with van der Waals surface area (Å²) in [6.07, 6.45) is 7.68. The highest BCUT2D eigenvalue weighted by Crippen LogP contribution is 2.37. The van der Waals surface area contributed by atoms with Crippen LogP contribution in [-0.2, 0) is 4.79 Å². The summed E-state index contributed by atoms with van der Waals surface area (Å²) in [5.41, 5.74) is 8.08. The van der Waals surface area contributed by atoms with Gasteiger partial charge in [-0.25, -0.2) is 4.68 Å². The molecule has 2 aliphatic rings. The number of nitrogens with one attached hydrogen (secondary N) is 4. The molecule has 9 heteroatoms. The van der Waals surface area contributed by atoms with Crippen LogP contribution < -0.4 is 16.0 Å². The number of aromatic nitrogens is 3. The summed E-state index contributed by atoms with van der Waals surface area (Å²) in [5.74, 6) is -0.244. The quantitative estimate of drug-likeness (QED) is 0.270. The van der Waals surface area contributed by atoms with Gasteiger partial charge < -0.3 is 20.9 Å². The van der Waals surface area contributed by atoms with E-state index in [1.807, 2.05) is 85.5 Å². The Bertz CT molecular complexity index is 1560. The van der Waals surface area contributed by atoms with Gasteiger partial charge in [0.05, 0.1) is 23.0 Å². The largest absolute Gasteiger partial charge is 0.358 e. The molecule has 2 amide bonds. The number of aryl methyl sites for hydroxylation is 1. The van der Waals surface area contributed by atoms with E-state index in [0.29, 0.717) is 11.1 Å². The first-order valence-electron chi connectivity index (χ1n) is 13.0. The third-order valence-corrected chi connectivity index (χ3v) is 7.36. The van der Waals surface area contributed by atoms with Gasteiger partial charge in [-0.2, -0.15) is 5.10 Å². The SMILES string of the molecule is Cc1[nH]c(C=C2C(=O)Nc3ccc(-c4cnn(-c5ccccc5)c4)cc32)c(C)c1C(=O)N[C@H]1CCCNC1.Cl. The third-order valence-electron chi connectivity index (χ3n) is 7.36. The normalized spacial score (nSPS) is 17.4. The van der Waals surface area contributed by atoms with Crippen molar-refractivity contribution < 1.29 is 9.59 Å². The lowest BCUT2D eigenvalue weighted by Gasteiger charge is -2.23. The summed E-state index contributed by atoms with van der Waals surface area (Å²) in [7, 11) is 0. The van der Waals surface area contributed by atoms with Gasteiger partial charge in [0.25, 0.3) is 11.8 Å². The molecule has 0 saturated carbocycles.